The van der Waals surface area contributed by atoms with Crippen LogP contribution in [0.25, 0.3) is 0 Å². The van der Waals surface area contributed by atoms with Crippen molar-refractivity contribution in [1.82, 2.24) is 0 Å². The Balaban J connectivity index is 2.75. The van der Waals surface area contributed by atoms with E-state index in [2.05, 4.69) is 13.5 Å². The van der Waals surface area contributed by atoms with Crippen LogP contribution < -0.4 is 0 Å². The summed E-state index contributed by atoms with van der Waals surface area (Å²) < 4.78 is 0. The largest absolute Gasteiger partial charge is 0.0746 e. The second kappa shape index (κ2) is 6.55. The molecule has 56 valence electrons. The predicted octanol–water partition coefficient (Wildman–Crippen LogP) is 1.29. The van der Waals surface area contributed by atoms with Crippen LogP contribution in [0, 0.1) is 0 Å². The number of rotatable bonds is 5. The van der Waals surface area contributed by atoms with Gasteiger partial charge in [-0.25, -0.2) is 0 Å². The van der Waals surface area contributed by atoms with Crippen molar-refractivity contribution in [3.05, 3.63) is 0 Å². The van der Waals surface area contributed by atoms with Gasteiger partial charge in [-0.15, -0.1) is 0 Å². The third-order valence-electron chi connectivity index (χ3n) is 1.64. The fourth-order valence-corrected chi connectivity index (χ4v) is 3.31. The lowest BCUT2D eigenvalue weighted by Crippen LogP contribution is -2.04. The molecule has 1 unspecified atom stereocenters. The highest BCUT2D eigenvalue weighted by Gasteiger charge is 1.93. The first-order chi connectivity index (χ1) is 4.27. The molecule has 0 N–H and O–H groups in total. The molecule has 0 heterocycles. The minimum Gasteiger partial charge on any atom is -0.0746 e. The molecule has 0 aromatic rings. The molecule has 2 heteroatoms. The van der Waals surface area contributed by atoms with Crippen molar-refractivity contribution in [2.45, 2.75) is 45.2 Å². The second-order valence-corrected chi connectivity index (χ2v) is 12.5. The van der Waals surface area contributed by atoms with Crippen LogP contribution in [-0.4, -0.2) is 18.1 Å². The molecule has 0 spiro atoms. The topological polar surface area (TPSA) is 0 Å². The van der Waals surface area contributed by atoms with Gasteiger partial charge in [-0.3, -0.25) is 0 Å². The van der Waals surface area contributed by atoms with Crippen LogP contribution in [0.3, 0.4) is 0 Å². The summed E-state index contributed by atoms with van der Waals surface area (Å²) in [5.41, 5.74) is 0. The third-order valence-corrected chi connectivity index (χ3v) is 4.93. The van der Waals surface area contributed by atoms with Crippen molar-refractivity contribution < 1.29 is 0 Å². The average Bonchev–Trinajstić information content (AvgIpc) is 1.80. The maximum atomic E-state index is 2.50. The summed E-state index contributed by atoms with van der Waals surface area (Å²) in [6, 6.07) is 1.62. The van der Waals surface area contributed by atoms with Gasteiger partial charge in [-0.05, 0) is 9.76 Å². The molecular formula is C7H20Si2. The third kappa shape index (κ3) is 8.43. The summed E-state index contributed by atoms with van der Waals surface area (Å²) in [7, 11) is 1.45. The monoisotopic (exact) mass is 160 g/mol. The van der Waals surface area contributed by atoms with Crippen molar-refractivity contribution in [2.75, 3.05) is 0 Å². The molecule has 0 aliphatic rings. The molecule has 0 aromatic heterocycles. The summed E-state index contributed by atoms with van der Waals surface area (Å²) in [5, 5.41) is 0. The van der Waals surface area contributed by atoms with E-state index in [0.29, 0.717) is 0 Å². The Bertz CT molecular complexity index is 52.9. The van der Waals surface area contributed by atoms with E-state index in [1.807, 2.05) is 0 Å². The maximum Gasteiger partial charge on any atom is 0.0171 e. The highest BCUT2D eigenvalue weighted by atomic mass is 29.1. The number of unbranched alkanes of at least 4 members (excludes halogenated alkanes) is 3. The molecule has 0 radical (unpaired) electrons. The Kier molecular flexibility index (Phi) is 6.87. The Hall–Kier alpha value is 0.434. The van der Waals surface area contributed by atoms with Crippen molar-refractivity contribution >= 4 is 18.1 Å². The van der Waals surface area contributed by atoms with Crippen LogP contribution >= 0.6 is 0 Å². The lowest BCUT2D eigenvalue weighted by Gasteiger charge is -2.00. The van der Waals surface area contributed by atoms with Crippen molar-refractivity contribution in [2.24, 2.45) is 0 Å². The average molecular weight is 160 g/mol. The van der Waals surface area contributed by atoms with Gasteiger partial charge in [0.1, 0.15) is 0 Å². The van der Waals surface area contributed by atoms with Crippen LogP contribution in [0.4, 0.5) is 0 Å². The molecule has 0 aromatic carbocycles. The molecule has 0 aliphatic carbocycles. The lowest BCUT2D eigenvalue weighted by molar-refractivity contribution is 0.700. The van der Waals surface area contributed by atoms with Gasteiger partial charge in [0.2, 0.25) is 0 Å². The van der Waals surface area contributed by atoms with Gasteiger partial charge in [0.25, 0.3) is 0 Å². The maximum absolute atomic E-state index is 2.50. The van der Waals surface area contributed by atoms with Gasteiger partial charge in [0, 0.05) is 8.31 Å². The summed E-state index contributed by atoms with van der Waals surface area (Å²) >= 11 is 0. The summed E-state index contributed by atoms with van der Waals surface area (Å²) in [4.78, 5) is 0. The molecular weight excluding hydrogens is 140 g/mol. The summed E-state index contributed by atoms with van der Waals surface area (Å²) in [6.45, 7) is 4.78. The van der Waals surface area contributed by atoms with Crippen LogP contribution in [0.2, 0.25) is 12.6 Å². The van der Waals surface area contributed by atoms with Gasteiger partial charge < -0.3 is 0 Å². The normalized spacial score (nSPS) is 14.0. The molecule has 0 aliphatic heterocycles. The van der Waals surface area contributed by atoms with E-state index in [1.165, 1.54) is 35.4 Å². The van der Waals surface area contributed by atoms with Crippen molar-refractivity contribution in [1.29, 1.82) is 0 Å². The Labute approximate surface area is 63.9 Å². The highest BCUT2D eigenvalue weighted by Crippen LogP contribution is 2.03. The second-order valence-electron chi connectivity index (χ2n) is 3.24. The van der Waals surface area contributed by atoms with E-state index in [4.69, 9.17) is 0 Å². The zero-order valence-electron chi connectivity index (χ0n) is 7.11. The smallest absolute Gasteiger partial charge is 0.0171 e. The number of hydrogen-bond donors (Lipinski definition) is 0. The van der Waals surface area contributed by atoms with Gasteiger partial charge in [0.15, 0.2) is 0 Å². The Morgan fingerprint density at radius 2 is 1.89 bits per heavy atom. The van der Waals surface area contributed by atoms with Gasteiger partial charge in [0.05, 0.1) is 0 Å². The first kappa shape index (κ1) is 9.43. The minimum atomic E-state index is -0.0743. The van der Waals surface area contributed by atoms with Crippen LogP contribution in [-0.2, 0) is 0 Å². The van der Waals surface area contributed by atoms with E-state index >= 15 is 0 Å². The Morgan fingerprint density at radius 1 is 1.22 bits per heavy atom. The molecule has 0 saturated carbocycles. The zero-order chi connectivity index (χ0) is 7.11. The lowest BCUT2D eigenvalue weighted by atomic mass is 10.2. The van der Waals surface area contributed by atoms with Crippen LogP contribution in [0.15, 0.2) is 0 Å². The molecule has 0 nitrogen and oxygen atoms in total. The van der Waals surface area contributed by atoms with Crippen LogP contribution in [0.5, 0.6) is 0 Å². The molecule has 0 bridgehead atoms. The molecule has 1 atom stereocenters. The van der Waals surface area contributed by atoms with Crippen molar-refractivity contribution in [3.63, 3.8) is 0 Å². The van der Waals surface area contributed by atoms with E-state index in [0.717, 1.165) is 0 Å². The van der Waals surface area contributed by atoms with Gasteiger partial charge in [-0.1, -0.05) is 45.2 Å². The van der Waals surface area contributed by atoms with E-state index in [1.54, 1.807) is 6.04 Å². The Morgan fingerprint density at radius 3 is 2.33 bits per heavy atom. The van der Waals surface area contributed by atoms with E-state index in [9.17, 15) is 0 Å². The molecule has 0 rings (SSSR count). The van der Waals surface area contributed by atoms with E-state index < -0.39 is 0 Å². The molecule has 0 amide bonds. The number of hydrogen-bond acceptors (Lipinski definition) is 0. The van der Waals surface area contributed by atoms with E-state index in [-0.39, 0.29) is 8.31 Å². The minimum absolute atomic E-state index is 0.0743. The van der Waals surface area contributed by atoms with Crippen LogP contribution in [0.1, 0.15) is 32.6 Å². The van der Waals surface area contributed by atoms with Gasteiger partial charge >= 0.3 is 0 Å². The summed E-state index contributed by atoms with van der Waals surface area (Å²) in [6.07, 6.45) is 5.88. The fourth-order valence-electron chi connectivity index (χ4n) is 0.979. The summed E-state index contributed by atoms with van der Waals surface area (Å²) in [5.74, 6) is 0. The first-order valence-electron chi connectivity index (χ1n) is 4.27. The molecule has 0 saturated heterocycles. The quantitative estimate of drug-likeness (QED) is 0.420. The standard InChI is InChI=1S/C7H20Si2/c1-3-4-5-6-7-9(2)8/h9H,3-7H2,1-2,8H3. The molecule has 9 heavy (non-hydrogen) atoms. The molecule has 0 fully saturated rings. The zero-order valence-corrected chi connectivity index (χ0v) is 10.3. The van der Waals surface area contributed by atoms with Gasteiger partial charge in [-0.2, -0.15) is 0 Å². The van der Waals surface area contributed by atoms with Crippen molar-refractivity contribution in [3.8, 4) is 0 Å². The highest BCUT2D eigenvalue weighted by molar-refractivity contribution is 7.02. The fraction of sp³-hybridized carbons (Fsp3) is 1.00. The SMILES string of the molecule is CCCCCC[SiH](C)[SiH3]. The predicted molar refractivity (Wildman–Crippen MR) is 51.9 cm³/mol. The first-order valence-corrected chi connectivity index (χ1v) is 10.9.